The monoisotopic (exact) mass is 209 g/mol. The highest BCUT2D eigenvalue weighted by Gasteiger charge is 2.35. The Kier molecular flexibility index (Phi) is 4.37. The van der Waals surface area contributed by atoms with Gasteiger partial charge in [0, 0.05) is 12.0 Å². The van der Waals surface area contributed by atoms with Gasteiger partial charge in [0.1, 0.15) is 0 Å². The van der Waals surface area contributed by atoms with Gasteiger partial charge in [-0.15, -0.1) is 6.58 Å². The van der Waals surface area contributed by atoms with Crippen LogP contribution in [0, 0.1) is 17.8 Å². The largest absolute Gasteiger partial charge is 0.354 e. The van der Waals surface area contributed by atoms with Crippen LogP contribution in [0.4, 0.5) is 0 Å². The summed E-state index contributed by atoms with van der Waals surface area (Å²) in [5.41, 5.74) is 0. The van der Waals surface area contributed by atoms with Crippen molar-refractivity contribution in [1.82, 2.24) is 5.32 Å². The smallest absolute Gasteiger partial charge is 0.223 e. The molecule has 0 spiro atoms. The summed E-state index contributed by atoms with van der Waals surface area (Å²) in [5.74, 6) is 1.93. The number of carbonyl (C=O) groups excluding carboxylic acids is 1. The molecule has 3 atom stereocenters. The molecule has 3 unspecified atom stereocenters. The highest BCUT2D eigenvalue weighted by Crippen LogP contribution is 2.43. The molecule has 0 radical (unpaired) electrons. The summed E-state index contributed by atoms with van der Waals surface area (Å²) in [6.45, 7) is 9.99. The summed E-state index contributed by atoms with van der Waals surface area (Å²) in [7, 11) is 0. The second-order valence-corrected chi connectivity index (χ2v) is 5.09. The molecule has 1 fully saturated rings. The van der Waals surface area contributed by atoms with E-state index in [-0.39, 0.29) is 17.9 Å². The van der Waals surface area contributed by atoms with Gasteiger partial charge in [-0.05, 0) is 44.9 Å². The van der Waals surface area contributed by atoms with E-state index >= 15 is 0 Å². The molecule has 2 heteroatoms. The van der Waals surface area contributed by atoms with Gasteiger partial charge in [-0.3, -0.25) is 4.79 Å². The molecule has 1 aliphatic carbocycles. The Hall–Kier alpha value is -0.790. The standard InChI is InChI=1S/C13H23NO/c1-5-6-11(8-12-7-10(12)4)13(15)14-9(2)3/h5,9-12H,1,6-8H2,2-4H3,(H,14,15). The Morgan fingerprint density at radius 1 is 1.60 bits per heavy atom. The van der Waals surface area contributed by atoms with Crippen LogP contribution in [0.1, 0.15) is 40.0 Å². The molecule has 0 saturated heterocycles. The molecule has 1 aliphatic rings. The lowest BCUT2D eigenvalue weighted by molar-refractivity contribution is -0.125. The van der Waals surface area contributed by atoms with E-state index in [2.05, 4.69) is 18.8 Å². The maximum Gasteiger partial charge on any atom is 0.223 e. The Morgan fingerprint density at radius 3 is 2.60 bits per heavy atom. The quantitative estimate of drug-likeness (QED) is 0.670. The number of hydrogen-bond acceptors (Lipinski definition) is 1. The van der Waals surface area contributed by atoms with Crippen molar-refractivity contribution in [3.63, 3.8) is 0 Å². The predicted octanol–water partition coefficient (Wildman–Crippen LogP) is 2.75. The number of allylic oxidation sites excluding steroid dienone is 1. The summed E-state index contributed by atoms with van der Waals surface area (Å²) in [4.78, 5) is 11.9. The van der Waals surface area contributed by atoms with Crippen molar-refractivity contribution in [3.8, 4) is 0 Å². The average Bonchev–Trinajstić information content (AvgIpc) is 2.80. The number of amides is 1. The second-order valence-electron chi connectivity index (χ2n) is 5.09. The van der Waals surface area contributed by atoms with Gasteiger partial charge in [0.2, 0.25) is 5.91 Å². The third-order valence-corrected chi connectivity index (χ3v) is 3.12. The minimum Gasteiger partial charge on any atom is -0.354 e. The van der Waals surface area contributed by atoms with Gasteiger partial charge >= 0.3 is 0 Å². The Morgan fingerprint density at radius 2 is 2.20 bits per heavy atom. The van der Waals surface area contributed by atoms with Gasteiger partial charge in [0.25, 0.3) is 0 Å². The van der Waals surface area contributed by atoms with Crippen molar-refractivity contribution < 1.29 is 4.79 Å². The first-order valence-electron chi connectivity index (χ1n) is 5.95. The second kappa shape index (κ2) is 5.34. The molecular formula is C13H23NO. The fraction of sp³-hybridized carbons (Fsp3) is 0.769. The Bertz CT molecular complexity index is 235. The maximum atomic E-state index is 11.9. The van der Waals surface area contributed by atoms with E-state index in [1.807, 2.05) is 19.9 Å². The molecule has 0 aromatic rings. The van der Waals surface area contributed by atoms with Crippen LogP contribution in [0.5, 0.6) is 0 Å². The van der Waals surface area contributed by atoms with Crippen LogP contribution in [0.3, 0.4) is 0 Å². The third-order valence-electron chi connectivity index (χ3n) is 3.12. The van der Waals surface area contributed by atoms with Gasteiger partial charge < -0.3 is 5.32 Å². The molecule has 86 valence electrons. The molecule has 0 aliphatic heterocycles. The van der Waals surface area contributed by atoms with E-state index < -0.39 is 0 Å². The maximum absolute atomic E-state index is 11.9. The fourth-order valence-electron chi connectivity index (χ4n) is 2.01. The zero-order valence-electron chi connectivity index (χ0n) is 10.1. The summed E-state index contributed by atoms with van der Waals surface area (Å²) in [5, 5.41) is 2.99. The van der Waals surface area contributed by atoms with Crippen LogP contribution in [0.2, 0.25) is 0 Å². The molecule has 1 N–H and O–H groups in total. The molecular weight excluding hydrogens is 186 g/mol. The molecule has 2 nitrogen and oxygen atoms in total. The van der Waals surface area contributed by atoms with Gasteiger partial charge in [-0.25, -0.2) is 0 Å². The van der Waals surface area contributed by atoms with Gasteiger partial charge in [-0.2, -0.15) is 0 Å². The highest BCUT2D eigenvalue weighted by atomic mass is 16.1. The molecule has 1 amide bonds. The van der Waals surface area contributed by atoms with Crippen LogP contribution < -0.4 is 5.32 Å². The summed E-state index contributed by atoms with van der Waals surface area (Å²) in [6.07, 6.45) is 4.99. The van der Waals surface area contributed by atoms with E-state index in [1.165, 1.54) is 6.42 Å². The topological polar surface area (TPSA) is 29.1 Å². The SMILES string of the molecule is C=CCC(CC1CC1C)C(=O)NC(C)C. The van der Waals surface area contributed by atoms with E-state index in [0.29, 0.717) is 0 Å². The lowest BCUT2D eigenvalue weighted by Gasteiger charge is -2.17. The summed E-state index contributed by atoms with van der Waals surface area (Å²) >= 11 is 0. The molecule has 0 aromatic heterocycles. The third kappa shape index (κ3) is 4.06. The Balaban J connectivity index is 2.41. The van der Waals surface area contributed by atoms with Crippen LogP contribution in [0.15, 0.2) is 12.7 Å². The molecule has 0 aromatic carbocycles. The zero-order valence-corrected chi connectivity index (χ0v) is 10.1. The van der Waals surface area contributed by atoms with E-state index in [1.54, 1.807) is 0 Å². The van der Waals surface area contributed by atoms with E-state index in [9.17, 15) is 4.79 Å². The van der Waals surface area contributed by atoms with Crippen LogP contribution >= 0.6 is 0 Å². The fourth-order valence-corrected chi connectivity index (χ4v) is 2.01. The Labute approximate surface area is 93.1 Å². The number of hydrogen-bond donors (Lipinski definition) is 1. The van der Waals surface area contributed by atoms with Crippen molar-refractivity contribution in [2.75, 3.05) is 0 Å². The first kappa shape index (κ1) is 12.3. The van der Waals surface area contributed by atoms with Crippen molar-refractivity contribution in [2.24, 2.45) is 17.8 Å². The first-order chi connectivity index (χ1) is 7.04. The van der Waals surface area contributed by atoms with Crippen molar-refractivity contribution in [1.29, 1.82) is 0 Å². The molecule has 15 heavy (non-hydrogen) atoms. The molecule has 0 heterocycles. The number of rotatable bonds is 6. The molecule has 0 bridgehead atoms. The average molecular weight is 209 g/mol. The summed E-state index contributed by atoms with van der Waals surface area (Å²) in [6, 6.07) is 0.237. The normalized spacial score (nSPS) is 26.1. The molecule has 1 saturated carbocycles. The first-order valence-corrected chi connectivity index (χ1v) is 5.95. The highest BCUT2D eigenvalue weighted by molar-refractivity contribution is 5.79. The number of carbonyl (C=O) groups is 1. The lowest BCUT2D eigenvalue weighted by atomic mass is 9.96. The lowest BCUT2D eigenvalue weighted by Crippen LogP contribution is -2.35. The van der Waals surface area contributed by atoms with Gasteiger partial charge in [0.15, 0.2) is 0 Å². The van der Waals surface area contributed by atoms with Crippen molar-refractivity contribution in [3.05, 3.63) is 12.7 Å². The zero-order chi connectivity index (χ0) is 11.4. The minimum atomic E-state index is 0.139. The minimum absolute atomic E-state index is 0.139. The van der Waals surface area contributed by atoms with E-state index in [4.69, 9.17) is 0 Å². The van der Waals surface area contributed by atoms with Gasteiger partial charge in [-0.1, -0.05) is 13.0 Å². The molecule has 1 rings (SSSR count). The van der Waals surface area contributed by atoms with Crippen molar-refractivity contribution in [2.45, 2.75) is 46.1 Å². The predicted molar refractivity (Wildman–Crippen MR) is 63.5 cm³/mol. The van der Waals surface area contributed by atoms with Crippen LogP contribution in [-0.4, -0.2) is 11.9 Å². The van der Waals surface area contributed by atoms with Crippen molar-refractivity contribution >= 4 is 5.91 Å². The number of nitrogens with one attached hydrogen (secondary N) is 1. The van der Waals surface area contributed by atoms with Crippen LogP contribution in [0.25, 0.3) is 0 Å². The van der Waals surface area contributed by atoms with Crippen LogP contribution in [-0.2, 0) is 4.79 Å². The van der Waals surface area contributed by atoms with Gasteiger partial charge in [0.05, 0.1) is 0 Å². The van der Waals surface area contributed by atoms with E-state index in [0.717, 1.165) is 24.7 Å². The summed E-state index contributed by atoms with van der Waals surface area (Å²) < 4.78 is 0.